The second-order valence-corrected chi connectivity index (χ2v) is 5.30. The molecule has 0 saturated carbocycles. The van der Waals surface area contributed by atoms with Crippen molar-refractivity contribution in [2.45, 2.75) is 26.2 Å². The third-order valence-electron chi connectivity index (χ3n) is 3.43. The fourth-order valence-corrected chi connectivity index (χ4v) is 2.59. The smallest absolute Gasteiger partial charge is 0.143 e. The fraction of sp³-hybridized carbons (Fsp3) is 0.375. The molecule has 112 valence electrons. The second-order valence-electron chi connectivity index (χ2n) is 4.92. The summed E-state index contributed by atoms with van der Waals surface area (Å²) in [5.41, 5.74) is 2.59. The number of carbonyl (C=O) groups excluding carboxylic acids is 1. The van der Waals surface area contributed by atoms with Crippen LogP contribution in [0.1, 0.15) is 23.9 Å². The summed E-state index contributed by atoms with van der Waals surface area (Å²) in [7, 11) is 3.44. The minimum atomic E-state index is 0.118. The van der Waals surface area contributed by atoms with E-state index in [9.17, 15) is 4.79 Å². The Morgan fingerprint density at radius 2 is 1.95 bits per heavy atom. The van der Waals surface area contributed by atoms with Gasteiger partial charge >= 0.3 is 0 Å². The van der Waals surface area contributed by atoms with Crippen molar-refractivity contribution < 1.29 is 9.53 Å². The Morgan fingerprint density at radius 1 is 1.29 bits per heavy atom. The predicted molar refractivity (Wildman–Crippen MR) is 83.0 cm³/mol. The number of benzene rings is 1. The van der Waals surface area contributed by atoms with E-state index in [-0.39, 0.29) is 5.78 Å². The van der Waals surface area contributed by atoms with E-state index in [0.29, 0.717) is 17.9 Å². The number of rotatable bonds is 6. The Balaban J connectivity index is 2.06. The highest BCUT2D eigenvalue weighted by Crippen LogP contribution is 2.22. The number of hydrogen-bond acceptors (Lipinski definition) is 3. The normalized spacial score (nSPS) is 10.7. The summed E-state index contributed by atoms with van der Waals surface area (Å²) in [4.78, 5) is 12.2. The van der Waals surface area contributed by atoms with Gasteiger partial charge in [0.05, 0.1) is 29.9 Å². The summed E-state index contributed by atoms with van der Waals surface area (Å²) in [6.07, 6.45) is 1.45. The highest BCUT2D eigenvalue weighted by atomic mass is 35.5. The molecule has 0 bridgehead atoms. The van der Waals surface area contributed by atoms with Crippen molar-refractivity contribution in [3.63, 3.8) is 0 Å². The average Bonchev–Trinajstić information content (AvgIpc) is 2.75. The molecule has 2 rings (SSSR count). The number of halogens is 1. The minimum absolute atomic E-state index is 0.118. The third-order valence-corrected chi connectivity index (χ3v) is 3.86. The first-order valence-corrected chi connectivity index (χ1v) is 7.27. The Labute approximate surface area is 129 Å². The summed E-state index contributed by atoms with van der Waals surface area (Å²) < 4.78 is 6.80. The molecule has 1 aromatic heterocycles. The van der Waals surface area contributed by atoms with Gasteiger partial charge in [-0.15, -0.1) is 0 Å². The number of ketones is 1. The van der Waals surface area contributed by atoms with Crippen LogP contribution in [0.3, 0.4) is 0 Å². The standard InChI is InChI=1S/C16H19ClN2O2/c1-4-14-16(17)15(19(2)18-14)10-12(20)9-11-5-7-13(21-3)8-6-11/h5-8H,4,9-10H2,1-3H3. The average molecular weight is 307 g/mol. The Bertz CT molecular complexity index is 632. The van der Waals surface area contributed by atoms with Gasteiger partial charge in [0.25, 0.3) is 0 Å². The van der Waals surface area contributed by atoms with Crippen LogP contribution in [0.15, 0.2) is 24.3 Å². The summed E-state index contributed by atoms with van der Waals surface area (Å²) in [5.74, 6) is 0.904. The quantitative estimate of drug-likeness (QED) is 0.824. The van der Waals surface area contributed by atoms with Crippen LogP contribution in [0.2, 0.25) is 5.02 Å². The molecule has 0 N–H and O–H groups in total. The molecule has 5 heteroatoms. The molecular weight excluding hydrogens is 288 g/mol. The molecule has 0 saturated heterocycles. The maximum absolute atomic E-state index is 12.2. The molecular formula is C16H19ClN2O2. The van der Waals surface area contributed by atoms with Crippen LogP contribution >= 0.6 is 11.6 Å². The number of Topliss-reactive ketones (excluding diaryl/α,β-unsaturated/α-hetero) is 1. The minimum Gasteiger partial charge on any atom is -0.497 e. The molecule has 0 radical (unpaired) electrons. The van der Waals surface area contributed by atoms with E-state index >= 15 is 0 Å². The van der Waals surface area contributed by atoms with Crippen LogP contribution in [0, 0.1) is 0 Å². The van der Waals surface area contributed by atoms with Gasteiger partial charge in [-0.05, 0) is 24.1 Å². The molecule has 0 aliphatic rings. The van der Waals surface area contributed by atoms with Crippen molar-refractivity contribution in [2.75, 3.05) is 7.11 Å². The SMILES string of the molecule is CCc1nn(C)c(CC(=O)Cc2ccc(OC)cc2)c1Cl. The first kappa shape index (κ1) is 15.6. The maximum Gasteiger partial charge on any atom is 0.143 e. The molecule has 0 spiro atoms. The lowest BCUT2D eigenvalue weighted by molar-refractivity contribution is -0.117. The van der Waals surface area contributed by atoms with Crippen molar-refractivity contribution in [3.05, 3.63) is 46.2 Å². The van der Waals surface area contributed by atoms with E-state index in [1.54, 1.807) is 11.8 Å². The number of carbonyl (C=O) groups is 1. The van der Waals surface area contributed by atoms with Crippen LogP contribution in [0.4, 0.5) is 0 Å². The fourth-order valence-electron chi connectivity index (χ4n) is 2.23. The van der Waals surface area contributed by atoms with Gasteiger partial charge in [0.15, 0.2) is 0 Å². The van der Waals surface area contributed by atoms with Crippen LogP contribution < -0.4 is 4.74 Å². The van der Waals surface area contributed by atoms with Gasteiger partial charge in [0.1, 0.15) is 11.5 Å². The number of nitrogens with zero attached hydrogens (tertiary/aromatic N) is 2. The van der Waals surface area contributed by atoms with Gasteiger partial charge in [-0.2, -0.15) is 5.10 Å². The van der Waals surface area contributed by atoms with Gasteiger partial charge in [-0.1, -0.05) is 30.7 Å². The van der Waals surface area contributed by atoms with Crippen molar-refractivity contribution in [1.82, 2.24) is 9.78 Å². The zero-order chi connectivity index (χ0) is 15.4. The van der Waals surface area contributed by atoms with E-state index in [1.807, 2.05) is 38.2 Å². The topological polar surface area (TPSA) is 44.1 Å². The van der Waals surface area contributed by atoms with Crippen molar-refractivity contribution in [1.29, 1.82) is 0 Å². The first-order valence-electron chi connectivity index (χ1n) is 6.90. The molecule has 4 nitrogen and oxygen atoms in total. The van der Waals surface area contributed by atoms with Gasteiger partial charge < -0.3 is 4.74 Å². The van der Waals surface area contributed by atoms with Crippen LogP contribution in [-0.2, 0) is 31.1 Å². The molecule has 0 aliphatic carbocycles. The molecule has 1 heterocycles. The lowest BCUT2D eigenvalue weighted by Gasteiger charge is -2.04. The summed E-state index contributed by atoms with van der Waals surface area (Å²) in [6.45, 7) is 2.00. The van der Waals surface area contributed by atoms with E-state index in [4.69, 9.17) is 16.3 Å². The lowest BCUT2D eigenvalue weighted by Crippen LogP contribution is -2.10. The van der Waals surface area contributed by atoms with Crippen LogP contribution in [0.25, 0.3) is 0 Å². The Morgan fingerprint density at radius 3 is 2.48 bits per heavy atom. The summed E-state index contributed by atoms with van der Waals surface area (Å²) >= 11 is 6.26. The van der Waals surface area contributed by atoms with Crippen molar-refractivity contribution in [2.24, 2.45) is 7.05 Å². The lowest BCUT2D eigenvalue weighted by atomic mass is 10.1. The number of methoxy groups -OCH3 is 1. The Hall–Kier alpha value is -1.81. The number of aromatic nitrogens is 2. The predicted octanol–water partition coefficient (Wildman–Crippen LogP) is 3.00. The zero-order valence-corrected chi connectivity index (χ0v) is 13.3. The van der Waals surface area contributed by atoms with Crippen LogP contribution in [-0.4, -0.2) is 22.7 Å². The van der Waals surface area contributed by atoms with Crippen LogP contribution in [0.5, 0.6) is 5.75 Å². The number of aryl methyl sites for hydroxylation is 2. The molecule has 0 amide bonds. The molecule has 0 atom stereocenters. The molecule has 1 aromatic carbocycles. The molecule has 2 aromatic rings. The van der Waals surface area contributed by atoms with E-state index < -0.39 is 0 Å². The molecule has 0 aliphatic heterocycles. The molecule has 0 fully saturated rings. The van der Waals surface area contributed by atoms with E-state index in [2.05, 4.69) is 5.10 Å². The first-order chi connectivity index (χ1) is 10.0. The highest BCUT2D eigenvalue weighted by molar-refractivity contribution is 6.32. The maximum atomic E-state index is 12.2. The largest absolute Gasteiger partial charge is 0.497 e. The summed E-state index contributed by atoms with van der Waals surface area (Å²) in [6, 6.07) is 7.52. The zero-order valence-electron chi connectivity index (χ0n) is 12.5. The second kappa shape index (κ2) is 6.76. The van der Waals surface area contributed by atoms with Gasteiger partial charge in [0.2, 0.25) is 0 Å². The summed E-state index contributed by atoms with van der Waals surface area (Å²) in [5, 5.41) is 4.94. The van der Waals surface area contributed by atoms with Gasteiger partial charge in [-0.3, -0.25) is 9.48 Å². The monoisotopic (exact) mass is 306 g/mol. The van der Waals surface area contributed by atoms with E-state index in [1.165, 1.54) is 0 Å². The number of hydrogen-bond donors (Lipinski definition) is 0. The number of ether oxygens (including phenoxy) is 1. The van der Waals surface area contributed by atoms with Crippen molar-refractivity contribution >= 4 is 17.4 Å². The molecule has 0 unspecified atom stereocenters. The van der Waals surface area contributed by atoms with Gasteiger partial charge in [-0.25, -0.2) is 0 Å². The van der Waals surface area contributed by atoms with Gasteiger partial charge in [0, 0.05) is 13.5 Å². The Kier molecular flexibility index (Phi) is 5.02. The van der Waals surface area contributed by atoms with Crippen molar-refractivity contribution in [3.8, 4) is 5.75 Å². The molecule has 21 heavy (non-hydrogen) atoms. The van der Waals surface area contributed by atoms with E-state index in [0.717, 1.165) is 29.1 Å². The highest BCUT2D eigenvalue weighted by Gasteiger charge is 2.16. The third kappa shape index (κ3) is 3.64.